The van der Waals surface area contributed by atoms with Crippen molar-refractivity contribution in [3.05, 3.63) is 84.4 Å². The molecule has 1 fully saturated rings. The lowest BCUT2D eigenvalue weighted by Gasteiger charge is -2.27. The fourth-order valence-electron chi connectivity index (χ4n) is 4.92. The van der Waals surface area contributed by atoms with E-state index in [0.29, 0.717) is 42.7 Å². The van der Waals surface area contributed by atoms with Crippen LogP contribution in [0.15, 0.2) is 73.3 Å². The minimum atomic E-state index is -0.217. The summed E-state index contributed by atoms with van der Waals surface area (Å²) in [6, 6.07) is 17.0. The molecule has 12 nitrogen and oxygen atoms in total. The van der Waals surface area contributed by atoms with E-state index >= 15 is 0 Å². The standard InChI is InChI=1S/C29H27N9O3/c39-29(36-23-6-8-26(31-15-23)37-9-11-40-12-10-37)19-1-4-22(5-2-19)35-27-28-33-17-34-38(28)24(16-32-27)20-3-7-25-21(13-20)14-30-18-41-25/h1-8,13,15-17,30H,9-12,14,18H2,(H,32,35)(H,36,39). The zero-order chi connectivity index (χ0) is 27.6. The molecule has 1 saturated heterocycles. The van der Waals surface area contributed by atoms with Crippen molar-refractivity contribution in [3.63, 3.8) is 0 Å². The number of rotatable bonds is 6. The predicted molar refractivity (Wildman–Crippen MR) is 153 cm³/mol. The van der Waals surface area contributed by atoms with Gasteiger partial charge in [-0.25, -0.2) is 19.5 Å². The van der Waals surface area contributed by atoms with Crippen LogP contribution in [0.2, 0.25) is 0 Å². The molecule has 7 rings (SSSR count). The molecule has 0 aliphatic carbocycles. The van der Waals surface area contributed by atoms with Crippen molar-refractivity contribution in [3.8, 4) is 17.0 Å². The Bertz CT molecular complexity index is 1700. The Hall–Kier alpha value is -5.07. The number of ether oxygens (including phenoxy) is 2. The van der Waals surface area contributed by atoms with Gasteiger partial charge in [-0.1, -0.05) is 0 Å². The molecule has 3 aromatic heterocycles. The first-order valence-corrected chi connectivity index (χ1v) is 13.3. The molecule has 0 radical (unpaired) electrons. The van der Waals surface area contributed by atoms with Gasteiger partial charge in [-0.3, -0.25) is 10.1 Å². The molecule has 0 spiro atoms. The SMILES string of the molecule is O=C(Nc1ccc(N2CCOCC2)nc1)c1ccc(Nc2ncc(-c3ccc4c(c3)CNCO4)n3ncnc23)cc1. The number of benzene rings is 2. The molecule has 2 aliphatic rings. The molecule has 0 unspecified atom stereocenters. The monoisotopic (exact) mass is 549 g/mol. The Kier molecular flexibility index (Phi) is 6.59. The molecule has 5 aromatic rings. The summed E-state index contributed by atoms with van der Waals surface area (Å²) in [6.07, 6.45) is 4.94. The first-order chi connectivity index (χ1) is 20.2. The van der Waals surface area contributed by atoms with E-state index in [-0.39, 0.29) is 5.91 Å². The molecule has 12 heteroatoms. The van der Waals surface area contributed by atoms with Crippen LogP contribution in [0, 0.1) is 0 Å². The minimum Gasteiger partial charge on any atom is -0.478 e. The number of pyridine rings is 1. The quantitative estimate of drug-likeness (QED) is 0.289. The zero-order valence-electron chi connectivity index (χ0n) is 22.1. The van der Waals surface area contributed by atoms with Gasteiger partial charge in [-0.15, -0.1) is 0 Å². The van der Waals surface area contributed by atoms with E-state index in [4.69, 9.17) is 9.47 Å². The highest BCUT2D eigenvalue weighted by molar-refractivity contribution is 6.04. The largest absolute Gasteiger partial charge is 0.478 e. The number of hydrogen-bond donors (Lipinski definition) is 3. The van der Waals surface area contributed by atoms with Crippen molar-refractivity contribution in [1.82, 2.24) is 29.9 Å². The smallest absolute Gasteiger partial charge is 0.255 e. The van der Waals surface area contributed by atoms with Crippen LogP contribution in [0.5, 0.6) is 5.75 Å². The van der Waals surface area contributed by atoms with Crippen molar-refractivity contribution in [2.75, 3.05) is 48.6 Å². The van der Waals surface area contributed by atoms with Crippen molar-refractivity contribution >= 4 is 34.6 Å². The third kappa shape index (κ3) is 5.13. The van der Waals surface area contributed by atoms with Gasteiger partial charge in [-0.05, 0) is 54.6 Å². The summed E-state index contributed by atoms with van der Waals surface area (Å²) in [5.41, 5.74) is 5.37. The van der Waals surface area contributed by atoms with Crippen LogP contribution >= 0.6 is 0 Å². The molecule has 2 aliphatic heterocycles. The van der Waals surface area contributed by atoms with E-state index in [2.05, 4.69) is 47.0 Å². The molecule has 1 amide bonds. The number of amides is 1. The Morgan fingerprint density at radius 3 is 2.61 bits per heavy atom. The molecule has 0 atom stereocenters. The second-order valence-corrected chi connectivity index (χ2v) is 9.69. The Morgan fingerprint density at radius 2 is 1.78 bits per heavy atom. The maximum atomic E-state index is 12.8. The Balaban J connectivity index is 1.04. The fraction of sp³-hybridized carbons (Fsp3) is 0.207. The van der Waals surface area contributed by atoms with Crippen molar-refractivity contribution in [2.24, 2.45) is 0 Å². The van der Waals surface area contributed by atoms with Gasteiger partial charge in [0.05, 0.1) is 37.0 Å². The van der Waals surface area contributed by atoms with Gasteiger partial charge >= 0.3 is 0 Å². The lowest BCUT2D eigenvalue weighted by atomic mass is 10.1. The van der Waals surface area contributed by atoms with E-state index < -0.39 is 0 Å². The van der Waals surface area contributed by atoms with E-state index in [1.807, 2.05) is 36.4 Å². The normalized spacial score (nSPS) is 14.8. The highest BCUT2D eigenvalue weighted by atomic mass is 16.5. The van der Waals surface area contributed by atoms with Crippen LogP contribution < -0.4 is 25.6 Å². The summed E-state index contributed by atoms with van der Waals surface area (Å²) in [4.78, 5) is 28.6. The van der Waals surface area contributed by atoms with Gasteiger partial charge in [0.2, 0.25) is 0 Å². The predicted octanol–water partition coefficient (Wildman–Crippen LogP) is 3.46. The Labute approximate surface area is 235 Å². The summed E-state index contributed by atoms with van der Waals surface area (Å²) >= 11 is 0. The molecular formula is C29H27N9O3. The first kappa shape index (κ1) is 24.9. The molecule has 2 aromatic carbocycles. The average Bonchev–Trinajstić information content (AvgIpc) is 3.53. The lowest BCUT2D eigenvalue weighted by Crippen LogP contribution is -2.36. The number of morpholine rings is 1. The second kappa shape index (κ2) is 10.8. The van der Waals surface area contributed by atoms with E-state index in [0.717, 1.165) is 53.7 Å². The third-order valence-electron chi connectivity index (χ3n) is 7.06. The van der Waals surface area contributed by atoms with Crippen molar-refractivity contribution in [1.29, 1.82) is 0 Å². The molecule has 206 valence electrons. The molecule has 3 N–H and O–H groups in total. The van der Waals surface area contributed by atoms with Crippen LogP contribution in [0.1, 0.15) is 15.9 Å². The number of aromatic nitrogens is 5. The van der Waals surface area contributed by atoms with E-state index in [9.17, 15) is 4.79 Å². The number of fused-ring (bicyclic) bond motifs is 2. The van der Waals surface area contributed by atoms with Crippen LogP contribution in [0.3, 0.4) is 0 Å². The van der Waals surface area contributed by atoms with Gasteiger partial charge in [0.1, 0.15) is 24.6 Å². The maximum Gasteiger partial charge on any atom is 0.255 e. The lowest BCUT2D eigenvalue weighted by molar-refractivity contribution is 0.102. The second-order valence-electron chi connectivity index (χ2n) is 9.69. The number of carbonyl (C=O) groups is 1. The van der Waals surface area contributed by atoms with E-state index in [1.54, 1.807) is 29.0 Å². The number of anilines is 4. The van der Waals surface area contributed by atoms with Crippen LogP contribution in [-0.2, 0) is 11.3 Å². The zero-order valence-corrected chi connectivity index (χ0v) is 22.1. The average molecular weight is 550 g/mol. The van der Waals surface area contributed by atoms with E-state index in [1.165, 1.54) is 6.33 Å². The minimum absolute atomic E-state index is 0.217. The van der Waals surface area contributed by atoms with Gasteiger partial charge in [-0.2, -0.15) is 5.10 Å². The molecule has 41 heavy (non-hydrogen) atoms. The molecule has 0 bridgehead atoms. The van der Waals surface area contributed by atoms with Crippen LogP contribution in [0.4, 0.5) is 23.0 Å². The topological polar surface area (TPSA) is 131 Å². The third-order valence-corrected chi connectivity index (χ3v) is 7.06. The summed E-state index contributed by atoms with van der Waals surface area (Å²) in [6.45, 7) is 4.25. The van der Waals surface area contributed by atoms with Gasteiger partial charge in [0, 0.05) is 42.0 Å². The summed E-state index contributed by atoms with van der Waals surface area (Å²) in [5.74, 6) is 2.09. The number of hydrogen-bond acceptors (Lipinski definition) is 10. The first-order valence-electron chi connectivity index (χ1n) is 13.3. The van der Waals surface area contributed by atoms with Gasteiger partial charge < -0.3 is 25.0 Å². The van der Waals surface area contributed by atoms with Gasteiger partial charge in [0.15, 0.2) is 11.5 Å². The number of carbonyl (C=O) groups excluding carboxylic acids is 1. The van der Waals surface area contributed by atoms with Crippen LogP contribution in [-0.4, -0.2) is 63.5 Å². The molecule has 0 saturated carbocycles. The van der Waals surface area contributed by atoms with Crippen LogP contribution in [0.25, 0.3) is 16.9 Å². The Morgan fingerprint density at radius 1 is 0.927 bits per heavy atom. The number of nitrogens with one attached hydrogen (secondary N) is 3. The summed E-state index contributed by atoms with van der Waals surface area (Å²) < 4.78 is 12.8. The summed E-state index contributed by atoms with van der Waals surface area (Å²) in [7, 11) is 0. The van der Waals surface area contributed by atoms with Gasteiger partial charge in [0.25, 0.3) is 5.91 Å². The maximum absolute atomic E-state index is 12.8. The molecular weight excluding hydrogens is 522 g/mol. The summed E-state index contributed by atoms with van der Waals surface area (Å²) in [5, 5.41) is 13.8. The van der Waals surface area contributed by atoms with Crippen molar-refractivity contribution < 1.29 is 14.3 Å². The fourth-order valence-corrected chi connectivity index (χ4v) is 4.92. The highest BCUT2D eigenvalue weighted by Gasteiger charge is 2.16. The molecule has 5 heterocycles. The highest BCUT2D eigenvalue weighted by Crippen LogP contribution is 2.30. The number of nitrogens with zero attached hydrogens (tertiary/aromatic N) is 6. The van der Waals surface area contributed by atoms with Crippen molar-refractivity contribution in [2.45, 2.75) is 6.54 Å².